The summed E-state index contributed by atoms with van der Waals surface area (Å²) in [6.07, 6.45) is 2.85. The summed E-state index contributed by atoms with van der Waals surface area (Å²) < 4.78 is 0.662. The molecular formula is C12H15N3S2. The van der Waals surface area contributed by atoms with Crippen molar-refractivity contribution in [3.8, 4) is 0 Å². The molecule has 2 aromatic heterocycles. The number of hydrogen-bond donors (Lipinski definition) is 1. The Morgan fingerprint density at radius 3 is 2.88 bits per heavy atom. The summed E-state index contributed by atoms with van der Waals surface area (Å²) in [5.41, 5.74) is 2.23. The van der Waals surface area contributed by atoms with Gasteiger partial charge in [-0.1, -0.05) is 25.6 Å². The van der Waals surface area contributed by atoms with Crippen LogP contribution in [0.2, 0.25) is 0 Å². The van der Waals surface area contributed by atoms with E-state index >= 15 is 0 Å². The predicted octanol–water partition coefficient (Wildman–Crippen LogP) is 3.45. The fraction of sp³-hybridized carbons (Fsp3) is 0.417. The van der Waals surface area contributed by atoms with Crippen molar-refractivity contribution in [1.82, 2.24) is 15.0 Å². The highest BCUT2D eigenvalue weighted by Crippen LogP contribution is 2.12. The summed E-state index contributed by atoms with van der Waals surface area (Å²) in [6, 6.07) is 1.94. The molecule has 0 aromatic carbocycles. The SMILES string of the molecule is CCCc1cc(=S)nc(Cc2nc(C)cs2)[nH]1. The maximum Gasteiger partial charge on any atom is 0.130 e. The number of H-pyrrole nitrogens is 1. The van der Waals surface area contributed by atoms with Crippen molar-refractivity contribution in [2.75, 3.05) is 0 Å². The molecule has 2 aromatic rings. The van der Waals surface area contributed by atoms with Gasteiger partial charge in [-0.25, -0.2) is 9.97 Å². The van der Waals surface area contributed by atoms with Crippen molar-refractivity contribution in [3.05, 3.63) is 38.3 Å². The van der Waals surface area contributed by atoms with E-state index < -0.39 is 0 Å². The van der Waals surface area contributed by atoms with Crippen molar-refractivity contribution in [1.29, 1.82) is 0 Å². The zero-order chi connectivity index (χ0) is 12.3. The predicted molar refractivity (Wildman–Crippen MR) is 73.1 cm³/mol. The molecule has 0 radical (unpaired) electrons. The van der Waals surface area contributed by atoms with Gasteiger partial charge in [-0.2, -0.15) is 0 Å². The van der Waals surface area contributed by atoms with Crippen LogP contribution in [0.15, 0.2) is 11.4 Å². The molecule has 17 heavy (non-hydrogen) atoms. The summed E-state index contributed by atoms with van der Waals surface area (Å²) in [4.78, 5) is 12.1. The lowest BCUT2D eigenvalue weighted by Gasteiger charge is -2.03. The van der Waals surface area contributed by atoms with E-state index in [1.165, 1.54) is 0 Å². The monoisotopic (exact) mass is 265 g/mol. The molecule has 0 aliphatic rings. The molecule has 0 aliphatic carbocycles. The minimum absolute atomic E-state index is 0.662. The molecule has 90 valence electrons. The van der Waals surface area contributed by atoms with Gasteiger partial charge in [0.15, 0.2) is 0 Å². The lowest BCUT2D eigenvalue weighted by atomic mass is 10.2. The van der Waals surface area contributed by atoms with Crippen LogP contribution in [0, 0.1) is 11.6 Å². The van der Waals surface area contributed by atoms with Gasteiger partial charge in [-0.05, 0) is 19.4 Å². The average Bonchev–Trinajstić information content (AvgIpc) is 2.63. The molecule has 0 fully saturated rings. The normalized spacial score (nSPS) is 10.7. The molecular weight excluding hydrogens is 250 g/mol. The second-order valence-electron chi connectivity index (χ2n) is 4.00. The topological polar surface area (TPSA) is 41.6 Å². The molecule has 0 bridgehead atoms. The quantitative estimate of drug-likeness (QED) is 0.861. The van der Waals surface area contributed by atoms with Crippen LogP contribution in [0.1, 0.15) is 35.6 Å². The third-order valence-electron chi connectivity index (χ3n) is 2.35. The van der Waals surface area contributed by atoms with E-state index in [0.717, 1.165) is 41.5 Å². The first-order valence-electron chi connectivity index (χ1n) is 5.67. The molecule has 0 aliphatic heterocycles. The first kappa shape index (κ1) is 12.4. The van der Waals surface area contributed by atoms with Gasteiger partial charge >= 0.3 is 0 Å². The Kier molecular flexibility index (Phi) is 4.02. The number of aromatic nitrogens is 3. The molecule has 1 N–H and O–H groups in total. The van der Waals surface area contributed by atoms with Crippen LogP contribution in [0.3, 0.4) is 0 Å². The van der Waals surface area contributed by atoms with Crippen LogP contribution in [-0.2, 0) is 12.8 Å². The van der Waals surface area contributed by atoms with E-state index in [1.807, 2.05) is 13.0 Å². The van der Waals surface area contributed by atoms with E-state index in [0.29, 0.717) is 4.64 Å². The molecule has 0 saturated carbocycles. The lowest BCUT2D eigenvalue weighted by Crippen LogP contribution is -2.00. The standard InChI is InChI=1S/C12H15N3S2/c1-3-4-9-5-11(16)15-10(14-9)6-12-13-8(2)7-17-12/h5,7H,3-4,6H2,1-2H3,(H,14,15,16). The zero-order valence-corrected chi connectivity index (χ0v) is 11.6. The number of thiazole rings is 1. The number of rotatable bonds is 4. The Labute approximate surface area is 110 Å². The summed E-state index contributed by atoms with van der Waals surface area (Å²) in [6.45, 7) is 4.16. The Morgan fingerprint density at radius 2 is 2.24 bits per heavy atom. The maximum absolute atomic E-state index is 5.17. The molecule has 3 nitrogen and oxygen atoms in total. The Bertz CT molecular complexity index is 557. The van der Waals surface area contributed by atoms with Crippen LogP contribution in [-0.4, -0.2) is 15.0 Å². The third-order valence-corrected chi connectivity index (χ3v) is 3.53. The van der Waals surface area contributed by atoms with Gasteiger partial charge in [0.05, 0.1) is 6.42 Å². The molecule has 5 heteroatoms. The summed E-state index contributed by atoms with van der Waals surface area (Å²) >= 11 is 6.84. The van der Waals surface area contributed by atoms with Gasteiger partial charge in [-0.3, -0.25) is 0 Å². The highest BCUT2D eigenvalue weighted by atomic mass is 32.1. The van der Waals surface area contributed by atoms with E-state index in [9.17, 15) is 0 Å². The summed E-state index contributed by atoms with van der Waals surface area (Å²) in [5, 5.41) is 3.13. The minimum Gasteiger partial charge on any atom is -0.347 e. The first-order valence-corrected chi connectivity index (χ1v) is 6.96. The molecule has 0 amide bonds. The summed E-state index contributed by atoms with van der Waals surface area (Å²) in [5.74, 6) is 0.912. The molecule has 2 rings (SSSR count). The number of nitrogens with zero attached hydrogens (tertiary/aromatic N) is 2. The second kappa shape index (κ2) is 5.51. The average molecular weight is 265 g/mol. The van der Waals surface area contributed by atoms with Crippen molar-refractivity contribution >= 4 is 23.6 Å². The molecule has 0 unspecified atom stereocenters. The van der Waals surface area contributed by atoms with Crippen molar-refractivity contribution in [3.63, 3.8) is 0 Å². The second-order valence-corrected chi connectivity index (χ2v) is 5.36. The van der Waals surface area contributed by atoms with Gasteiger partial charge in [0.1, 0.15) is 15.5 Å². The van der Waals surface area contributed by atoms with Gasteiger partial charge in [0.2, 0.25) is 0 Å². The van der Waals surface area contributed by atoms with Gasteiger partial charge in [0.25, 0.3) is 0 Å². The zero-order valence-electron chi connectivity index (χ0n) is 9.99. The van der Waals surface area contributed by atoms with Gasteiger partial charge in [0, 0.05) is 16.8 Å². The van der Waals surface area contributed by atoms with Gasteiger partial charge in [-0.15, -0.1) is 11.3 Å². The highest BCUT2D eigenvalue weighted by Gasteiger charge is 2.04. The number of hydrogen-bond acceptors (Lipinski definition) is 4. The van der Waals surface area contributed by atoms with Crippen LogP contribution in [0.25, 0.3) is 0 Å². The van der Waals surface area contributed by atoms with E-state index in [4.69, 9.17) is 12.2 Å². The van der Waals surface area contributed by atoms with Crippen LogP contribution >= 0.6 is 23.6 Å². The van der Waals surface area contributed by atoms with Crippen LogP contribution in [0.5, 0.6) is 0 Å². The smallest absolute Gasteiger partial charge is 0.130 e. The van der Waals surface area contributed by atoms with Crippen LogP contribution in [0.4, 0.5) is 0 Å². The van der Waals surface area contributed by atoms with Crippen molar-refractivity contribution < 1.29 is 0 Å². The Hall–Kier alpha value is -1.07. The number of aryl methyl sites for hydroxylation is 2. The summed E-state index contributed by atoms with van der Waals surface area (Å²) in [7, 11) is 0. The fourth-order valence-electron chi connectivity index (χ4n) is 1.68. The minimum atomic E-state index is 0.662. The van der Waals surface area contributed by atoms with E-state index in [-0.39, 0.29) is 0 Å². The molecule has 0 spiro atoms. The lowest BCUT2D eigenvalue weighted by molar-refractivity contribution is 0.836. The van der Waals surface area contributed by atoms with Crippen molar-refractivity contribution in [2.24, 2.45) is 0 Å². The number of aromatic amines is 1. The molecule has 0 saturated heterocycles. The van der Waals surface area contributed by atoms with E-state index in [2.05, 4.69) is 27.3 Å². The highest BCUT2D eigenvalue weighted by molar-refractivity contribution is 7.71. The maximum atomic E-state index is 5.17. The number of nitrogens with one attached hydrogen (secondary N) is 1. The largest absolute Gasteiger partial charge is 0.347 e. The van der Waals surface area contributed by atoms with E-state index in [1.54, 1.807) is 11.3 Å². The third kappa shape index (κ3) is 3.44. The first-order chi connectivity index (χ1) is 8.17. The van der Waals surface area contributed by atoms with Crippen LogP contribution < -0.4 is 0 Å². The molecule has 2 heterocycles. The Morgan fingerprint density at radius 1 is 1.41 bits per heavy atom. The Balaban J connectivity index is 2.23. The fourth-order valence-corrected chi connectivity index (χ4v) is 2.71. The van der Waals surface area contributed by atoms with Crippen molar-refractivity contribution in [2.45, 2.75) is 33.1 Å². The van der Waals surface area contributed by atoms with Gasteiger partial charge < -0.3 is 4.98 Å². The molecule has 0 atom stereocenters.